The van der Waals surface area contributed by atoms with Crippen molar-refractivity contribution in [1.82, 2.24) is 5.32 Å². The van der Waals surface area contributed by atoms with E-state index in [1.807, 2.05) is 13.8 Å². The van der Waals surface area contributed by atoms with Crippen LogP contribution in [-0.4, -0.2) is 26.0 Å². The van der Waals surface area contributed by atoms with Gasteiger partial charge in [-0.1, -0.05) is 24.3 Å². The van der Waals surface area contributed by atoms with E-state index in [0.29, 0.717) is 19.1 Å². The van der Waals surface area contributed by atoms with Gasteiger partial charge in [-0.2, -0.15) is 0 Å². The summed E-state index contributed by atoms with van der Waals surface area (Å²) in [7, 11) is 0. The Hall–Kier alpha value is -0.610. The van der Waals surface area contributed by atoms with Gasteiger partial charge >= 0.3 is 0 Å². The van der Waals surface area contributed by atoms with Crippen molar-refractivity contribution in [1.29, 1.82) is 0 Å². The molecule has 1 aromatic rings. The molecule has 3 nitrogen and oxygen atoms in total. The van der Waals surface area contributed by atoms with E-state index in [4.69, 9.17) is 21.1 Å². The van der Waals surface area contributed by atoms with Gasteiger partial charge in [-0.3, -0.25) is 0 Å². The summed E-state index contributed by atoms with van der Waals surface area (Å²) < 4.78 is 11.0. The lowest BCUT2D eigenvalue weighted by Gasteiger charge is -2.17. The zero-order valence-corrected chi connectivity index (χ0v) is 12.6. The fourth-order valence-corrected chi connectivity index (χ4v) is 1.96. The third kappa shape index (κ3) is 6.92. The third-order valence-corrected chi connectivity index (χ3v) is 3.08. The summed E-state index contributed by atoms with van der Waals surface area (Å²) in [6, 6.07) is 8.33. The average Bonchev–Trinajstić information content (AvgIpc) is 2.44. The van der Waals surface area contributed by atoms with E-state index >= 15 is 0 Å². The van der Waals surface area contributed by atoms with Crippen LogP contribution < -0.4 is 5.32 Å². The van der Waals surface area contributed by atoms with Gasteiger partial charge < -0.3 is 14.8 Å². The lowest BCUT2D eigenvalue weighted by Crippen LogP contribution is -2.24. The summed E-state index contributed by atoms with van der Waals surface area (Å²) in [5, 5.41) is 3.39. The predicted octanol–water partition coefficient (Wildman–Crippen LogP) is 3.30. The molecular weight excluding hydrogens is 262 g/mol. The number of benzene rings is 1. The van der Waals surface area contributed by atoms with Gasteiger partial charge in [0, 0.05) is 38.6 Å². The number of rotatable bonds is 10. The first kappa shape index (κ1) is 16.4. The van der Waals surface area contributed by atoms with Crippen LogP contribution in [0.15, 0.2) is 24.3 Å². The van der Waals surface area contributed by atoms with Gasteiger partial charge in [-0.15, -0.1) is 11.6 Å². The van der Waals surface area contributed by atoms with Crippen molar-refractivity contribution in [2.45, 2.75) is 39.0 Å². The highest BCUT2D eigenvalue weighted by molar-refractivity contribution is 6.17. The fourth-order valence-electron chi connectivity index (χ4n) is 1.79. The second kappa shape index (κ2) is 10.2. The first-order valence-electron chi connectivity index (χ1n) is 6.87. The van der Waals surface area contributed by atoms with Crippen molar-refractivity contribution >= 4 is 11.6 Å². The molecule has 0 aliphatic carbocycles. The summed E-state index contributed by atoms with van der Waals surface area (Å²) >= 11 is 5.76. The molecular formula is C15H24ClNO2. The topological polar surface area (TPSA) is 30.5 Å². The minimum absolute atomic E-state index is 0.0962. The van der Waals surface area contributed by atoms with Crippen LogP contribution in [-0.2, 0) is 21.9 Å². The monoisotopic (exact) mass is 285 g/mol. The van der Waals surface area contributed by atoms with Crippen LogP contribution in [0, 0.1) is 0 Å². The Bertz CT molecular complexity index is 323. The maximum atomic E-state index is 5.76. The normalized spacial score (nSPS) is 11.2. The Kier molecular flexibility index (Phi) is 8.84. The summed E-state index contributed by atoms with van der Waals surface area (Å²) in [6.07, 6.45) is 0.766. The Morgan fingerprint density at radius 3 is 2.16 bits per heavy atom. The standard InChI is InChI=1S/C15H24ClNO2/c1-3-18-15(19-4-2)9-10-17-12-14-7-5-13(11-16)6-8-14/h5-8,15,17H,3-4,9-12H2,1-2H3. The van der Waals surface area contributed by atoms with Crippen molar-refractivity contribution in [3.63, 3.8) is 0 Å². The lowest BCUT2D eigenvalue weighted by molar-refractivity contribution is -0.138. The molecule has 0 spiro atoms. The molecule has 1 aromatic carbocycles. The van der Waals surface area contributed by atoms with E-state index in [2.05, 4.69) is 29.6 Å². The summed E-state index contributed by atoms with van der Waals surface area (Å²) in [4.78, 5) is 0. The highest BCUT2D eigenvalue weighted by Crippen LogP contribution is 2.07. The molecule has 0 aliphatic heterocycles. The van der Waals surface area contributed by atoms with Crippen molar-refractivity contribution in [3.8, 4) is 0 Å². The van der Waals surface area contributed by atoms with Crippen molar-refractivity contribution in [2.75, 3.05) is 19.8 Å². The number of nitrogens with one attached hydrogen (secondary N) is 1. The molecule has 4 heteroatoms. The van der Waals surface area contributed by atoms with E-state index in [-0.39, 0.29) is 6.29 Å². The number of hydrogen-bond acceptors (Lipinski definition) is 3. The molecule has 19 heavy (non-hydrogen) atoms. The van der Waals surface area contributed by atoms with Gasteiger partial charge in [0.15, 0.2) is 6.29 Å². The van der Waals surface area contributed by atoms with Crippen LogP contribution in [0.3, 0.4) is 0 Å². The Balaban J connectivity index is 2.21. The first-order valence-corrected chi connectivity index (χ1v) is 7.41. The molecule has 0 fully saturated rings. The zero-order chi connectivity index (χ0) is 13.9. The second-order valence-corrected chi connectivity index (χ2v) is 4.52. The highest BCUT2D eigenvalue weighted by atomic mass is 35.5. The number of hydrogen-bond donors (Lipinski definition) is 1. The Morgan fingerprint density at radius 1 is 1.05 bits per heavy atom. The van der Waals surface area contributed by atoms with E-state index in [0.717, 1.165) is 25.1 Å². The van der Waals surface area contributed by atoms with Gasteiger partial charge in [0.1, 0.15) is 0 Å². The minimum atomic E-state index is -0.0962. The summed E-state index contributed by atoms with van der Waals surface area (Å²) in [5.74, 6) is 0.568. The fraction of sp³-hybridized carbons (Fsp3) is 0.600. The molecule has 0 unspecified atom stereocenters. The van der Waals surface area contributed by atoms with Crippen molar-refractivity contribution in [3.05, 3.63) is 35.4 Å². The molecule has 0 bridgehead atoms. The molecule has 0 aliphatic rings. The molecule has 108 valence electrons. The molecule has 0 aromatic heterocycles. The molecule has 1 N–H and O–H groups in total. The van der Waals surface area contributed by atoms with Gasteiger partial charge in [0.25, 0.3) is 0 Å². The molecule has 0 saturated heterocycles. The van der Waals surface area contributed by atoms with E-state index in [1.165, 1.54) is 5.56 Å². The number of alkyl halides is 1. The van der Waals surface area contributed by atoms with Crippen LogP contribution >= 0.6 is 11.6 Å². The van der Waals surface area contributed by atoms with E-state index in [1.54, 1.807) is 0 Å². The molecule has 0 atom stereocenters. The minimum Gasteiger partial charge on any atom is -0.353 e. The van der Waals surface area contributed by atoms with Crippen LogP contribution in [0.5, 0.6) is 0 Å². The maximum Gasteiger partial charge on any atom is 0.158 e. The van der Waals surface area contributed by atoms with E-state index in [9.17, 15) is 0 Å². The molecule has 1 rings (SSSR count). The average molecular weight is 286 g/mol. The van der Waals surface area contributed by atoms with Crippen LogP contribution in [0.2, 0.25) is 0 Å². The first-order chi connectivity index (χ1) is 9.30. The SMILES string of the molecule is CCOC(CCNCc1ccc(CCl)cc1)OCC. The lowest BCUT2D eigenvalue weighted by atomic mass is 10.1. The summed E-state index contributed by atoms with van der Waals surface area (Å²) in [6.45, 7) is 7.07. The maximum absolute atomic E-state index is 5.76. The van der Waals surface area contributed by atoms with Gasteiger partial charge in [-0.05, 0) is 25.0 Å². The smallest absolute Gasteiger partial charge is 0.158 e. The van der Waals surface area contributed by atoms with Crippen LogP contribution in [0.4, 0.5) is 0 Å². The van der Waals surface area contributed by atoms with Crippen molar-refractivity contribution in [2.24, 2.45) is 0 Å². The number of ether oxygens (including phenoxy) is 2. The number of halogens is 1. The van der Waals surface area contributed by atoms with Crippen LogP contribution in [0.25, 0.3) is 0 Å². The highest BCUT2D eigenvalue weighted by Gasteiger charge is 2.06. The molecule has 0 heterocycles. The molecule has 0 radical (unpaired) electrons. The van der Waals surface area contributed by atoms with Crippen molar-refractivity contribution < 1.29 is 9.47 Å². The Labute approximate surface area is 121 Å². The molecule has 0 saturated carbocycles. The van der Waals surface area contributed by atoms with Gasteiger partial charge in [0.2, 0.25) is 0 Å². The van der Waals surface area contributed by atoms with E-state index < -0.39 is 0 Å². The third-order valence-electron chi connectivity index (χ3n) is 2.77. The Morgan fingerprint density at radius 2 is 1.63 bits per heavy atom. The second-order valence-electron chi connectivity index (χ2n) is 4.26. The molecule has 0 amide bonds. The quantitative estimate of drug-likeness (QED) is 0.406. The van der Waals surface area contributed by atoms with Gasteiger partial charge in [-0.25, -0.2) is 0 Å². The van der Waals surface area contributed by atoms with Crippen LogP contribution in [0.1, 0.15) is 31.4 Å². The predicted molar refractivity (Wildman–Crippen MR) is 79.4 cm³/mol. The van der Waals surface area contributed by atoms with Gasteiger partial charge in [0.05, 0.1) is 0 Å². The summed E-state index contributed by atoms with van der Waals surface area (Å²) in [5.41, 5.74) is 2.41. The largest absolute Gasteiger partial charge is 0.353 e. The zero-order valence-electron chi connectivity index (χ0n) is 11.8.